The van der Waals surface area contributed by atoms with Crippen LogP contribution in [0, 0.1) is 5.92 Å². The molecule has 0 spiro atoms. The van der Waals surface area contributed by atoms with Gasteiger partial charge in [0, 0.05) is 52.9 Å². The number of amides is 1. The molecule has 1 amide bonds. The Morgan fingerprint density at radius 1 is 1.15 bits per heavy atom. The lowest BCUT2D eigenvalue weighted by atomic mass is 9.90. The van der Waals surface area contributed by atoms with E-state index in [2.05, 4.69) is 4.90 Å². The van der Waals surface area contributed by atoms with E-state index in [1.165, 1.54) is 24.7 Å². The van der Waals surface area contributed by atoms with Gasteiger partial charge in [-0.25, -0.2) is 4.79 Å². The first-order valence-electron chi connectivity index (χ1n) is 9.43. The number of β-amino-alcohol motifs (C(OH)–C–C–N with tert-alkyl or cyclic N) is 1. The number of aliphatic hydroxyl groups is 1. The van der Waals surface area contributed by atoms with Crippen LogP contribution in [0.15, 0.2) is 15.7 Å². The predicted molar refractivity (Wildman–Crippen MR) is 98.8 cm³/mol. The fourth-order valence-corrected chi connectivity index (χ4v) is 3.78. The Kier molecular flexibility index (Phi) is 6.13. The molecule has 1 aromatic heterocycles. The summed E-state index contributed by atoms with van der Waals surface area (Å²) in [6, 6.07) is 1.21. The number of carbonyl (C=O) groups excluding carboxylic acids is 1. The van der Waals surface area contributed by atoms with Crippen LogP contribution in [-0.4, -0.2) is 82.0 Å². The highest BCUT2D eigenvalue weighted by atomic mass is 16.5. The van der Waals surface area contributed by atoms with Gasteiger partial charge in [-0.05, 0) is 18.8 Å². The van der Waals surface area contributed by atoms with Gasteiger partial charge in [0.1, 0.15) is 5.69 Å². The molecule has 3 heterocycles. The summed E-state index contributed by atoms with van der Waals surface area (Å²) in [5.41, 5.74) is -0.894. The monoisotopic (exact) mass is 380 g/mol. The summed E-state index contributed by atoms with van der Waals surface area (Å²) in [7, 11) is 2.88. The highest BCUT2D eigenvalue weighted by Crippen LogP contribution is 2.22. The van der Waals surface area contributed by atoms with E-state index in [-0.39, 0.29) is 17.5 Å². The van der Waals surface area contributed by atoms with Crippen molar-refractivity contribution in [2.75, 3.05) is 45.9 Å². The molecular formula is C18H28N4O5. The van der Waals surface area contributed by atoms with Crippen molar-refractivity contribution in [1.82, 2.24) is 18.9 Å². The van der Waals surface area contributed by atoms with Gasteiger partial charge in [0.05, 0.1) is 19.3 Å². The zero-order chi connectivity index (χ0) is 19.6. The average Bonchev–Trinajstić information content (AvgIpc) is 2.69. The molecule has 9 heteroatoms. The van der Waals surface area contributed by atoms with Crippen LogP contribution in [0.4, 0.5) is 0 Å². The van der Waals surface area contributed by atoms with Gasteiger partial charge in [0.15, 0.2) is 0 Å². The molecule has 0 bridgehead atoms. The Morgan fingerprint density at radius 2 is 1.78 bits per heavy atom. The third-order valence-corrected chi connectivity index (χ3v) is 5.67. The van der Waals surface area contributed by atoms with Crippen molar-refractivity contribution in [3.8, 4) is 0 Å². The minimum absolute atomic E-state index is 0.107. The van der Waals surface area contributed by atoms with Gasteiger partial charge < -0.3 is 14.7 Å². The van der Waals surface area contributed by atoms with E-state index in [0.29, 0.717) is 45.7 Å². The maximum atomic E-state index is 12.8. The number of rotatable bonds is 4. The second-order valence-corrected chi connectivity index (χ2v) is 7.38. The van der Waals surface area contributed by atoms with Crippen LogP contribution < -0.4 is 11.2 Å². The molecular weight excluding hydrogens is 352 g/mol. The number of carbonyl (C=O) groups is 1. The fourth-order valence-electron chi connectivity index (χ4n) is 3.78. The van der Waals surface area contributed by atoms with Crippen LogP contribution in [0.25, 0.3) is 0 Å². The van der Waals surface area contributed by atoms with E-state index in [4.69, 9.17) is 4.74 Å². The van der Waals surface area contributed by atoms with Crippen LogP contribution >= 0.6 is 0 Å². The topological polar surface area (TPSA) is 97.0 Å². The van der Waals surface area contributed by atoms with E-state index in [1.807, 2.05) is 0 Å². The van der Waals surface area contributed by atoms with Gasteiger partial charge >= 0.3 is 5.69 Å². The van der Waals surface area contributed by atoms with Gasteiger partial charge in [-0.2, -0.15) is 0 Å². The number of aliphatic hydroxyl groups excluding tert-OH is 1. The third kappa shape index (κ3) is 4.31. The van der Waals surface area contributed by atoms with Gasteiger partial charge in [-0.3, -0.25) is 23.6 Å². The van der Waals surface area contributed by atoms with Crippen molar-refractivity contribution in [2.45, 2.75) is 18.9 Å². The van der Waals surface area contributed by atoms with Crippen molar-refractivity contribution in [3.05, 3.63) is 32.6 Å². The summed E-state index contributed by atoms with van der Waals surface area (Å²) in [6.45, 7) is 4.73. The highest BCUT2D eigenvalue weighted by Gasteiger charge is 2.30. The second kappa shape index (κ2) is 8.37. The van der Waals surface area contributed by atoms with Gasteiger partial charge in [-0.15, -0.1) is 0 Å². The number of hydrogen-bond donors (Lipinski definition) is 1. The summed E-state index contributed by atoms with van der Waals surface area (Å²) >= 11 is 0. The van der Waals surface area contributed by atoms with E-state index in [1.54, 1.807) is 4.90 Å². The molecule has 27 heavy (non-hydrogen) atoms. The lowest BCUT2D eigenvalue weighted by molar-refractivity contribution is -0.00907. The number of ether oxygens (including phenoxy) is 1. The first-order valence-corrected chi connectivity index (χ1v) is 9.43. The zero-order valence-corrected chi connectivity index (χ0v) is 16.0. The molecule has 1 unspecified atom stereocenters. The fraction of sp³-hybridized carbons (Fsp3) is 0.722. The molecule has 0 aromatic carbocycles. The van der Waals surface area contributed by atoms with Crippen LogP contribution in [0.3, 0.4) is 0 Å². The summed E-state index contributed by atoms with van der Waals surface area (Å²) in [4.78, 5) is 40.5. The van der Waals surface area contributed by atoms with E-state index in [0.717, 1.165) is 17.7 Å². The molecule has 150 valence electrons. The second-order valence-electron chi connectivity index (χ2n) is 7.38. The standard InChI is InChI=1S/C18H28N4O5/c1-19-14(11-16(24)20(2)18(19)26)17(25)22-5-3-13(4-6-22)15(23)12-21-7-9-27-10-8-21/h11,13,15,23H,3-10,12H2,1-2H3. The van der Waals surface area contributed by atoms with Crippen molar-refractivity contribution in [2.24, 2.45) is 20.0 Å². The molecule has 2 fully saturated rings. The van der Waals surface area contributed by atoms with E-state index < -0.39 is 17.4 Å². The molecule has 1 atom stereocenters. The largest absolute Gasteiger partial charge is 0.392 e. The minimum atomic E-state index is -0.512. The normalized spacial score (nSPS) is 20.6. The Hall–Kier alpha value is -1.97. The van der Waals surface area contributed by atoms with Crippen molar-refractivity contribution < 1.29 is 14.6 Å². The van der Waals surface area contributed by atoms with Gasteiger partial charge in [0.25, 0.3) is 11.5 Å². The van der Waals surface area contributed by atoms with Gasteiger partial charge in [-0.1, -0.05) is 0 Å². The highest BCUT2D eigenvalue weighted by molar-refractivity contribution is 5.92. The molecule has 1 N–H and O–H groups in total. The van der Waals surface area contributed by atoms with Crippen LogP contribution in [0.5, 0.6) is 0 Å². The maximum Gasteiger partial charge on any atom is 0.331 e. The predicted octanol–water partition coefficient (Wildman–Crippen LogP) is -1.37. The summed E-state index contributed by atoms with van der Waals surface area (Å²) in [5, 5.41) is 10.5. The van der Waals surface area contributed by atoms with Crippen LogP contribution in [0.1, 0.15) is 23.3 Å². The first-order chi connectivity index (χ1) is 12.9. The molecule has 0 radical (unpaired) electrons. The van der Waals surface area contributed by atoms with E-state index >= 15 is 0 Å². The van der Waals surface area contributed by atoms with Gasteiger partial charge in [0.2, 0.25) is 0 Å². The minimum Gasteiger partial charge on any atom is -0.392 e. The molecule has 1 aromatic rings. The summed E-state index contributed by atoms with van der Waals surface area (Å²) in [5.74, 6) is -0.169. The molecule has 0 saturated carbocycles. The third-order valence-electron chi connectivity index (χ3n) is 5.67. The van der Waals surface area contributed by atoms with Crippen LogP contribution in [0.2, 0.25) is 0 Å². The number of likely N-dealkylation sites (tertiary alicyclic amines) is 1. The Morgan fingerprint density at radius 3 is 2.41 bits per heavy atom. The molecule has 2 aliphatic heterocycles. The molecule has 0 aliphatic carbocycles. The van der Waals surface area contributed by atoms with Crippen molar-refractivity contribution >= 4 is 5.91 Å². The molecule has 9 nitrogen and oxygen atoms in total. The Labute approximate surface area is 157 Å². The number of aromatic nitrogens is 2. The lowest BCUT2D eigenvalue weighted by Crippen LogP contribution is -2.47. The number of piperidine rings is 1. The van der Waals surface area contributed by atoms with Crippen molar-refractivity contribution in [1.29, 1.82) is 0 Å². The number of hydrogen-bond acceptors (Lipinski definition) is 6. The molecule has 2 saturated heterocycles. The quantitative estimate of drug-likeness (QED) is 0.692. The Balaban J connectivity index is 1.59. The smallest absolute Gasteiger partial charge is 0.331 e. The average molecular weight is 380 g/mol. The summed E-state index contributed by atoms with van der Waals surface area (Å²) in [6.07, 6.45) is 0.986. The summed E-state index contributed by atoms with van der Waals surface area (Å²) < 4.78 is 7.52. The van der Waals surface area contributed by atoms with E-state index in [9.17, 15) is 19.5 Å². The lowest BCUT2D eigenvalue weighted by Gasteiger charge is -2.36. The van der Waals surface area contributed by atoms with Crippen LogP contribution in [-0.2, 0) is 18.8 Å². The van der Waals surface area contributed by atoms with Crippen molar-refractivity contribution in [3.63, 3.8) is 0 Å². The number of nitrogens with zero attached hydrogens (tertiary/aromatic N) is 4. The number of morpholine rings is 1. The SMILES string of the molecule is Cn1c(C(=O)N2CCC(C(O)CN3CCOCC3)CC2)cc(=O)n(C)c1=O. The zero-order valence-electron chi connectivity index (χ0n) is 16.0. The molecule has 2 aliphatic rings. The maximum absolute atomic E-state index is 12.8. The first kappa shape index (κ1) is 19.8. The Bertz CT molecular complexity index is 788. The molecule has 3 rings (SSSR count).